The number of thioether (sulfide) groups is 1. The predicted octanol–water partition coefficient (Wildman–Crippen LogP) is 1.98. The number of hydrogen-bond acceptors (Lipinski definition) is 4. The monoisotopic (exact) mass is 318 g/mol. The van der Waals surface area contributed by atoms with Gasteiger partial charge in [-0.15, -0.1) is 11.8 Å². The maximum atomic E-state index is 12.2. The quantitative estimate of drug-likeness (QED) is 0.797. The summed E-state index contributed by atoms with van der Waals surface area (Å²) in [4.78, 5) is 39.6. The van der Waals surface area contributed by atoms with Crippen molar-refractivity contribution < 1.29 is 14.4 Å². The molecule has 5 nitrogen and oxygen atoms in total. The Hall–Kier alpha value is -1.82. The number of imide groups is 1. The molecule has 1 atom stereocenters. The van der Waals surface area contributed by atoms with E-state index < -0.39 is 0 Å². The minimum absolute atomic E-state index is 0.106. The van der Waals surface area contributed by atoms with Gasteiger partial charge in [0.1, 0.15) is 0 Å². The SMILES string of the molecule is CC1SCCN1C(=O)CCCN1C(=O)c2ccccc2C1=O. The molecule has 0 aliphatic carbocycles. The molecule has 2 aliphatic rings. The summed E-state index contributed by atoms with van der Waals surface area (Å²) in [5, 5.41) is 0.229. The van der Waals surface area contributed by atoms with E-state index in [4.69, 9.17) is 0 Å². The molecule has 0 radical (unpaired) electrons. The zero-order valence-corrected chi connectivity index (χ0v) is 13.3. The van der Waals surface area contributed by atoms with Crippen molar-refractivity contribution in [2.75, 3.05) is 18.8 Å². The summed E-state index contributed by atoms with van der Waals surface area (Å²) in [6.45, 7) is 3.12. The summed E-state index contributed by atoms with van der Waals surface area (Å²) < 4.78 is 0. The van der Waals surface area contributed by atoms with E-state index in [0.717, 1.165) is 12.3 Å². The third-order valence-electron chi connectivity index (χ3n) is 4.10. The van der Waals surface area contributed by atoms with Crippen molar-refractivity contribution in [2.45, 2.75) is 25.1 Å². The molecule has 1 saturated heterocycles. The van der Waals surface area contributed by atoms with Crippen molar-refractivity contribution >= 4 is 29.5 Å². The summed E-state index contributed by atoms with van der Waals surface area (Å²) in [7, 11) is 0. The van der Waals surface area contributed by atoms with E-state index in [2.05, 4.69) is 0 Å². The van der Waals surface area contributed by atoms with Gasteiger partial charge in [0.25, 0.3) is 11.8 Å². The highest BCUT2D eigenvalue weighted by Crippen LogP contribution is 2.25. The lowest BCUT2D eigenvalue weighted by atomic mass is 10.1. The van der Waals surface area contributed by atoms with Crippen molar-refractivity contribution in [2.24, 2.45) is 0 Å². The van der Waals surface area contributed by atoms with Crippen LogP contribution in [-0.2, 0) is 4.79 Å². The van der Waals surface area contributed by atoms with Gasteiger partial charge in [-0.3, -0.25) is 19.3 Å². The Balaban J connectivity index is 1.56. The summed E-state index contributed by atoms with van der Waals surface area (Å²) in [6, 6.07) is 6.85. The molecule has 0 spiro atoms. The molecule has 1 fully saturated rings. The molecule has 1 aromatic rings. The fraction of sp³-hybridized carbons (Fsp3) is 0.438. The van der Waals surface area contributed by atoms with E-state index in [9.17, 15) is 14.4 Å². The van der Waals surface area contributed by atoms with Crippen molar-refractivity contribution in [3.63, 3.8) is 0 Å². The number of carbonyl (C=O) groups excluding carboxylic acids is 3. The minimum Gasteiger partial charge on any atom is -0.330 e. The second kappa shape index (κ2) is 6.12. The van der Waals surface area contributed by atoms with Crippen LogP contribution in [-0.4, -0.2) is 51.7 Å². The van der Waals surface area contributed by atoms with Crippen LogP contribution < -0.4 is 0 Å². The van der Waals surface area contributed by atoms with E-state index >= 15 is 0 Å². The zero-order chi connectivity index (χ0) is 15.7. The van der Waals surface area contributed by atoms with Crippen LogP contribution in [0.1, 0.15) is 40.5 Å². The Morgan fingerprint density at radius 3 is 2.41 bits per heavy atom. The number of amides is 3. The van der Waals surface area contributed by atoms with Gasteiger partial charge in [0.05, 0.1) is 16.5 Å². The molecule has 2 heterocycles. The highest BCUT2D eigenvalue weighted by Gasteiger charge is 2.34. The normalized spacial score (nSPS) is 20.7. The molecular weight excluding hydrogens is 300 g/mol. The van der Waals surface area contributed by atoms with Gasteiger partial charge in [0.2, 0.25) is 5.91 Å². The molecule has 1 aromatic carbocycles. The lowest BCUT2D eigenvalue weighted by Gasteiger charge is -2.21. The van der Waals surface area contributed by atoms with Crippen LogP contribution in [0.5, 0.6) is 0 Å². The van der Waals surface area contributed by atoms with Crippen LogP contribution >= 0.6 is 11.8 Å². The Bertz CT molecular complexity index is 597. The average Bonchev–Trinajstić information content (AvgIpc) is 3.05. The second-order valence-electron chi connectivity index (χ2n) is 5.47. The van der Waals surface area contributed by atoms with Crippen LogP contribution in [0.3, 0.4) is 0 Å². The summed E-state index contributed by atoms with van der Waals surface area (Å²) in [6.07, 6.45) is 0.885. The van der Waals surface area contributed by atoms with E-state index in [-0.39, 0.29) is 23.1 Å². The maximum Gasteiger partial charge on any atom is 0.261 e. The minimum atomic E-state index is -0.252. The largest absolute Gasteiger partial charge is 0.330 e. The third kappa shape index (κ3) is 2.63. The van der Waals surface area contributed by atoms with Gasteiger partial charge in [-0.25, -0.2) is 0 Å². The van der Waals surface area contributed by atoms with Crippen LogP contribution in [0.15, 0.2) is 24.3 Å². The van der Waals surface area contributed by atoms with Crippen LogP contribution in [0, 0.1) is 0 Å². The van der Waals surface area contributed by atoms with Crippen molar-refractivity contribution in [3.8, 4) is 0 Å². The molecule has 6 heteroatoms. The third-order valence-corrected chi connectivity index (χ3v) is 5.26. The van der Waals surface area contributed by atoms with Gasteiger partial charge >= 0.3 is 0 Å². The van der Waals surface area contributed by atoms with Gasteiger partial charge in [-0.2, -0.15) is 0 Å². The highest BCUT2D eigenvalue weighted by atomic mass is 32.2. The topological polar surface area (TPSA) is 57.7 Å². The molecule has 0 aromatic heterocycles. The van der Waals surface area contributed by atoms with Crippen molar-refractivity contribution in [3.05, 3.63) is 35.4 Å². The molecule has 2 aliphatic heterocycles. The fourth-order valence-corrected chi connectivity index (χ4v) is 3.94. The number of nitrogens with zero attached hydrogens (tertiary/aromatic N) is 2. The first-order valence-electron chi connectivity index (χ1n) is 7.46. The van der Waals surface area contributed by atoms with Crippen molar-refractivity contribution in [1.29, 1.82) is 0 Å². The summed E-state index contributed by atoms with van der Waals surface area (Å²) in [5.74, 6) is 0.580. The van der Waals surface area contributed by atoms with E-state index in [1.54, 1.807) is 36.0 Å². The predicted molar refractivity (Wildman–Crippen MR) is 84.7 cm³/mol. The first-order valence-corrected chi connectivity index (χ1v) is 8.51. The number of carbonyl (C=O) groups is 3. The molecule has 3 rings (SSSR count). The van der Waals surface area contributed by atoms with Crippen LogP contribution in [0.4, 0.5) is 0 Å². The van der Waals surface area contributed by atoms with Gasteiger partial charge in [0, 0.05) is 25.3 Å². The number of benzene rings is 1. The Morgan fingerprint density at radius 1 is 1.23 bits per heavy atom. The molecular formula is C16H18N2O3S. The van der Waals surface area contributed by atoms with Gasteiger partial charge in [-0.05, 0) is 25.5 Å². The highest BCUT2D eigenvalue weighted by molar-refractivity contribution is 8.00. The fourth-order valence-electron chi connectivity index (χ4n) is 2.90. The molecule has 22 heavy (non-hydrogen) atoms. The van der Waals surface area contributed by atoms with Gasteiger partial charge < -0.3 is 4.90 Å². The number of hydrogen-bond donors (Lipinski definition) is 0. The average molecular weight is 318 g/mol. The molecule has 116 valence electrons. The maximum absolute atomic E-state index is 12.2. The molecule has 1 unspecified atom stereocenters. The molecule has 3 amide bonds. The van der Waals surface area contributed by atoms with Gasteiger partial charge in [-0.1, -0.05) is 12.1 Å². The first-order chi connectivity index (χ1) is 10.6. The van der Waals surface area contributed by atoms with E-state index in [1.165, 1.54) is 4.90 Å². The molecule has 0 saturated carbocycles. The Kier molecular flexibility index (Phi) is 4.20. The lowest BCUT2D eigenvalue weighted by molar-refractivity contribution is -0.131. The van der Waals surface area contributed by atoms with Gasteiger partial charge in [0.15, 0.2) is 0 Å². The lowest BCUT2D eigenvalue weighted by Crippen LogP contribution is -2.35. The summed E-state index contributed by atoms with van der Waals surface area (Å²) >= 11 is 1.77. The Labute approximate surface area is 133 Å². The second-order valence-corrected chi connectivity index (χ2v) is 6.89. The number of rotatable bonds is 4. The standard InChI is InChI=1S/C16H18N2O3S/c1-11-17(9-10-22-11)14(19)7-4-8-18-15(20)12-5-2-3-6-13(12)16(18)21/h2-3,5-6,11H,4,7-10H2,1H3. The molecule has 0 bridgehead atoms. The van der Waals surface area contributed by atoms with Crippen LogP contribution in [0.2, 0.25) is 0 Å². The Morgan fingerprint density at radius 2 is 1.86 bits per heavy atom. The van der Waals surface area contributed by atoms with Crippen molar-refractivity contribution in [1.82, 2.24) is 9.80 Å². The van der Waals surface area contributed by atoms with E-state index in [1.807, 2.05) is 11.8 Å². The van der Waals surface area contributed by atoms with E-state index in [0.29, 0.717) is 30.5 Å². The number of fused-ring (bicyclic) bond motifs is 1. The smallest absolute Gasteiger partial charge is 0.261 e. The molecule has 0 N–H and O–H groups in total. The first kappa shape index (κ1) is 15.1. The zero-order valence-electron chi connectivity index (χ0n) is 12.4. The van der Waals surface area contributed by atoms with Crippen LogP contribution in [0.25, 0.3) is 0 Å². The summed E-state index contributed by atoms with van der Waals surface area (Å²) in [5.41, 5.74) is 0.923.